The summed E-state index contributed by atoms with van der Waals surface area (Å²) >= 11 is 3.32. The van der Waals surface area contributed by atoms with E-state index in [4.69, 9.17) is 4.74 Å². The summed E-state index contributed by atoms with van der Waals surface area (Å²) < 4.78 is 35.9. The van der Waals surface area contributed by atoms with Crippen LogP contribution in [0.5, 0.6) is 5.75 Å². The molecule has 3 aromatic rings. The molecule has 152 valence electrons. The van der Waals surface area contributed by atoms with Crippen LogP contribution in [-0.4, -0.2) is 30.3 Å². The van der Waals surface area contributed by atoms with Gasteiger partial charge in [-0.2, -0.15) is 0 Å². The summed E-state index contributed by atoms with van der Waals surface area (Å²) in [4.78, 5) is 0.150. The van der Waals surface area contributed by atoms with Crippen LogP contribution in [0.15, 0.2) is 51.8 Å². The Morgan fingerprint density at radius 1 is 1.07 bits per heavy atom. The van der Waals surface area contributed by atoms with Gasteiger partial charge < -0.3 is 9.30 Å². The fourth-order valence-corrected chi connectivity index (χ4v) is 5.19. The molecule has 0 atom stereocenters. The van der Waals surface area contributed by atoms with E-state index in [-0.39, 0.29) is 4.90 Å². The Morgan fingerprint density at radius 3 is 2.59 bits per heavy atom. The molecule has 0 aliphatic carbocycles. The summed E-state index contributed by atoms with van der Waals surface area (Å²) in [6.07, 6.45) is 4.40. The monoisotopic (exact) mass is 476 g/mol. The van der Waals surface area contributed by atoms with Gasteiger partial charge in [-0.15, -0.1) is 10.2 Å². The number of fused-ring (bicyclic) bond motifs is 1. The van der Waals surface area contributed by atoms with Gasteiger partial charge in [-0.05, 0) is 71.2 Å². The van der Waals surface area contributed by atoms with Crippen LogP contribution in [0.1, 0.15) is 25.1 Å². The summed E-state index contributed by atoms with van der Waals surface area (Å²) in [5.74, 6) is 2.42. The fourth-order valence-electron chi connectivity index (χ4n) is 3.41. The van der Waals surface area contributed by atoms with Crippen LogP contribution in [0.3, 0.4) is 0 Å². The van der Waals surface area contributed by atoms with Crippen molar-refractivity contribution in [2.45, 2.75) is 37.1 Å². The van der Waals surface area contributed by atoms with E-state index in [0.29, 0.717) is 15.9 Å². The highest BCUT2D eigenvalue weighted by Crippen LogP contribution is 2.29. The molecule has 2 heterocycles. The Bertz CT molecular complexity index is 1130. The van der Waals surface area contributed by atoms with E-state index >= 15 is 0 Å². The maximum Gasteiger partial charge on any atom is 0.261 e. The first kappa shape index (κ1) is 19.9. The minimum absolute atomic E-state index is 0.150. The zero-order chi connectivity index (χ0) is 20.4. The molecule has 0 unspecified atom stereocenters. The van der Waals surface area contributed by atoms with Crippen LogP contribution in [0.4, 0.5) is 5.69 Å². The van der Waals surface area contributed by atoms with Crippen molar-refractivity contribution in [3.63, 3.8) is 0 Å². The predicted octanol–water partition coefficient (Wildman–Crippen LogP) is 4.24. The van der Waals surface area contributed by atoms with Crippen molar-refractivity contribution in [2.75, 3.05) is 11.8 Å². The fraction of sp³-hybridized carbons (Fsp3) is 0.300. The molecule has 1 aliphatic heterocycles. The van der Waals surface area contributed by atoms with Crippen LogP contribution in [0, 0.1) is 0 Å². The smallest absolute Gasteiger partial charge is 0.261 e. The average molecular weight is 477 g/mol. The number of methoxy groups -OCH3 is 1. The van der Waals surface area contributed by atoms with E-state index < -0.39 is 10.0 Å². The number of hydrogen-bond donors (Lipinski definition) is 1. The lowest BCUT2D eigenvalue weighted by Gasteiger charge is -2.11. The van der Waals surface area contributed by atoms with Crippen molar-refractivity contribution in [1.82, 2.24) is 14.8 Å². The number of nitrogens with one attached hydrogen (secondary N) is 1. The van der Waals surface area contributed by atoms with Crippen molar-refractivity contribution in [3.8, 4) is 17.1 Å². The maximum atomic E-state index is 12.7. The molecule has 0 saturated carbocycles. The first-order valence-electron chi connectivity index (χ1n) is 9.37. The molecule has 2 aromatic carbocycles. The van der Waals surface area contributed by atoms with E-state index in [1.165, 1.54) is 25.7 Å². The lowest BCUT2D eigenvalue weighted by molar-refractivity contribution is 0.411. The van der Waals surface area contributed by atoms with E-state index in [9.17, 15) is 8.42 Å². The molecule has 0 fully saturated rings. The van der Waals surface area contributed by atoms with Crippen molar-refractivity contribution in [3.05, 3.63) is 52.8 Å². The Kier molecular flexibility index (Phi) is 5.60. The minimum atomic E-state index is -3.72. The third kappa shape index (κ3) is 4.16. The van der Waals surface area contributed by atoms with Gasteiger partial charge in [0, 0.05) is 24.2 Å². The summed E-state index contributed by atoms with van der Waals surface area (Å²) in [5.41, 5.74) is 1.40. The molecule has 1 N–H and O–H groups in total. The normalized spacial score (nSPS) is 14.1. The van der Waals surface area contributed by atoms with E-state index in [1.54, 1.807) is 18.2 Å². The third-order valence-corrected chi connectivity index (χ3v) is 6.94. The minimum Gasteiger partial charge on any atom is -0.496 e. The highest BCUT2D eigenvalue weighted by Gasteiger charge is 2.18. The lowest BCUT2D eigenvalue weighted by atomic mass is 10.2. The summed E-state index contributed by atoms with van der Waals surface area (Å²) in [5, 5.41) is 8.67. The second-order valence-electron chi connectivity index (χ2n) is 6.88. The van der Waals surface area contributed by atoms with E-state index in [1.807, 2.05) is 12.1 Å². The van der Waals surface area contributed by atoms with Crippen LogP contribution in [0.25, 0.3) is 11.4 Å². The van der Waals surface area contributed by atoms with Gasteiger partial charge in [-0.3, -0.25) is 4.72 Å². The van der Waals surface area contributed by atoms with Gasteiger partial charge in [0.25, 0.3) is 10.0 Å². The SMILES string of the molecule is COc1ccc(S(=O)(=O)Nc2ccc(-c3nnc4n3CCCCC4)cc2)cc1Br. The molecule has 7 nitrogen and oxygen atoms in total. The van der Waals surface area contributed by atoms with Crippen molar-refractivity contribution >= 4 is 31.6 Å². The highest BCUT2D eigenvalue weighted by molar-refractivity contribution is 9.10. The number of aryl methyl sites for hydroxylation is 1. The molecule has 29 heavy (non-hydrogen) atoms. The topological polar surface area (TPSA) is 86.1 Å². The van der Waals surface area contributed by atoms with Crippen LogP contribution >= 0.6 is 15.9 Å². The van der Waals surface area contributed by atoms with Gasteiger partial charge in [-0.1, -0.05) is 6.42 Å². The second kappa shape index (κ2) is 8.16. The predicted molar refractivity (Wildman–Crippen MR) is 115 cm³/mol. The molecular weight excluding hydrogens is 456 g/mol. The Labute approximate surface area is 178 Å². The summed E-state index contributed by atoms with van der Waals surface area (Å²) in [6.45, 7) is 0.915. The molecule has 0 saturated heterocycles. The third-order valence-electron chi connectivity index (χ3n) is 4.94. The molecule has 1 aliphatic rings. The molecule has 0 spiro atoms. The zero-order valence-corrected chi connectivity index (χ0v) is 18.3. The number of benzene rings is 2. The summed E-state index contributed by atoms with van der Waals surface area (Å²) in [7, 11) is -2.19. The number of sulfonamides is 1. The highest BCUT2D eigenvalue weighted by atomic mass is 79.9. The van der Waals surface area contributed by atoms with Gasteiger partial charge in [0.15, 0.2) is 5.82 Å². The largest absolute Gasteiger partial charge is 0.496 e. The molecule has 9 heteroatoms. The lowest BCUT2D eigenvalue weighted by Crippen LogP contribution is -2.13. The zero-order valence-electron chi connectivity index (χ0n) is 15.9. The van der Waals surface area contributed by atoms with Crippen molar-refractivity contribution in [2.24, 2.45) is 0 Å². The van der Waals surface area contributed by atoms with Gasteiger partial charge in [0.1, 0.15) is 11.6 Å². The van der Waals surface area contributed by atoms with Crippen molar-refractivity contribution in [1.29, 1.82) is 0 Å². The molecule has 0 bridgehead atoms. The van der Waals surface area contributed by atoms with Crippen LogP contribution < -0.4 is 9.46 Å². The standard InChI is InChI=1S/C20H21BrN4O3S/c1-28-18-11-10-16(13-17(18)21)29(26,27)24-15-8-6-14(7-9-15)20-23-22-19-5-3-2-4-12-25(19)20/h6-11,13,24H,2-5,12H2,1H3. The van der Waals surface area contributed by atoms with E-state index in [0.717, 1.165) is 43.0 Å². The Hall–Kier alpha value is -2.39. The first-order chi connectivity index (χ1) is 14.0. The number of ether oxygens (including phenoxy) is 1. The molecule has 0 amide bonds. The first-order valence-corrected chi connectivity index (χ1v) is 11.6. The Morgan fingerprint density at radius 2 is 1.86 bits per heavy atom. The van der Waals surface area contributed by atoms with Gasteiger partial charge in [-0.25, -0.2) is 8.42 Å². The molecule has 4 rings (SSSR count). The number of nitrogens with zero attached hydrogens (tertiary/aromatic N) is 3. The maximum absolute atomic E-state index is 12.7. The van der Waals surface area contributed by atoms with Crippen molar-refractivity contribution < 1.29 is 13.2 Å². The number of halogens is 1. The average Bonchev–Trinajstić information content (AvgIpc) is 2.96. The Balaban J connectivity index is 1.56. The number of aromatic nitrogens is 3. The molecule has 0 radical (unpaired) electrons. The van der Waals surface area contributed by atoms with Gasteiger partial charge in [0.2, 0.25) is 0 Å². The number of hydrogen-bond acceptors (Lipinski definition) is 5. The van der Waals surface area contributed by atoms with E-state index in [2.05, 4.69) is 35.4 Å². The number of rotatable bonds is 5. The summed E-state index contributed by atoms with van der Waals surface area (Å²) in [6, 6.07) is 11.8. The van der Waals surface area contributed by atoms with Crippen LogP contribution in [0.2, 0.25) is 0 Å². The second-order valence-corrected chi connectivity index (χ2v) is 9.42. The van der Waals surface area contributed by atoms with Gasteiger partial charge >= 0.3 is 0 Å². The molecular formula is C20H21BrN4O3S. The van der Waals surface area contributed by atoms with Gasteiger partial charge in [0.05, 0.1) is 16.5 Å². The number of anilines is 1. The quantitative estimate of drug-likeness (QED) is 0.594. The van der Waals surface area contributed by atoms with Crippen LogP contribution in [-0.2, 0) is 23.0 Å². The molecule has 1 aromatic heterocycles.